The predicted octanol–water partition coefficient (Wildman–Crippen LogP) is 2.85. The zero-order chi connectivity index (χ0) is 18.7. The minimum absolute atomic E-state index is 0.0589. The van der Waals surface area contributed by atoms with E-state index < -0.39 is 9.84 Å². The lowest BCUT2D eigenvalue weighted by molar-refractivity contribution is 0.0746. The quantitative estimate of drug-likeness (QED) is 0.802. The third-order valence-electron chi connectivity index (χ3n) is 4.34. The Balaban J connectivity index is 1.66. The Morgan fingerprint density at radius 3 is 2.38 bits per heavy atom. The van der Waals surface area contributed by atoms with Gasteiger partial charge in [0.15, 0.2) is 9.84 Å². The van der Waals surface area contributed by atoms with Crippen LogP contribution < -0.4 is 4.90 Å². The van der Waals surface area contributed by atoms with Gasteiger partial charge in [0, 0.05) is 48.7 Å². The topological polar surface area (TPSA) is 57.7 Å². The summed E-state index contributed by atoms with van der Waals surface area (Å²) in [6.45, 7) is 2.69. The fraction of sp³-hybridized carbons (Fsp3) is 0.316. The lowest BCUT2D eigenvalue weighted by atomic mass is 10.1. The number of carbonyl (C=O) groups is 1. The van der Waals surface area contributed by atoms with Gasteiger partial charge in [-0.15, -0.1) is 0 Å². The van der Waals surface area contributed by atoms with Crippen LogP contribution in [0.1, 0.15) is 15.9 Å². The average molecular weight is 393 g/mol. The lowest BCUT2D eigenvalue weighted by Gasteiger charge is -2.36. The van der Waals surface area contributed by atoms with Gasteiger partial charge < -0.3 is 9.80 Å². The molecule has 3 rings (SSSR count). The maximum absolute atomic E-state index is 12.8. The van der Waals surface area contributed by atoms with Gasteiger partial charge >= 0.3 is 0 Å². The van der Waals surface area contributed by atoms with E-state index in [9.17, 15) is 13.2 Å². The molecule has 5 nitrogen and oxygen atoms in total. The molecule has 0 radical (unpaired) electrons. The Labute approximate surface area is 159 Å². The van der Waals surface area contributed by atoms with Crippen molar-refractivity contribution in [3.05, 3.63) is 64.7 Å². The largest absolute Gasteiger partial charge is 0.368 e. The van der Waals surface area contributed by atoms with Gasteiger partial charge in [0.25, 0.3) is 5.91 Å². The first kappa shape index (κ1) is 18.7. The van der Waals surface area contributed by atoms with Crippen LogP contribution in [0.25, 0.3) is 0 Å². The number of anilines is 1. The molecule has 1 amide bonds. The molecule has 2 aromatic carbocycles. The average Bonchev–Trinajstić information content (AvgIpc) is 2.60. The second-order valence-electron chi connectivity index (χ2n) is 6.53. The molecule has 7 heteroatoms. The summed E-state index contributed by atoms with van der Waals surface area (Å²) in [5.41, 5.74) is 2.22. The Morgan fingerprint density at radius 2 is 1.73 bits per heavy atom. The SMILES string of the molecule is CS(=O)(=O)Cc1cccc(C(=O)N2CCN(c3cccc(Cl)c3)CC2)c1. The van der Waals surface area contributed by atoms with Gasteiger partial charge in [-0.1, -0.05) is 29.8 Å². The van der Waals surface area contributed by atoms with E-state index in [1.54, 1.807) is 29.2 Å². The Hall–Kier alpha value is -2.05. The second-order valence-corrected chi connectivity index (χ2v) is 9.11. The first-order valence-corrected chi connectivity index (χ1v) is 10.8. The van der Waals surface area contributed by atoms with Gasteiger partial charge in [0.2, 0.25) is 0 Å². The highest BCUT2D eigenvalue weighted by Crippen LogP contribution is 2.21. The number of piperazine rings is 1. The summed E-state index contributed by atoms with van der Waals surface area (Å²) in [6, 6.07) is 14.6. The van der Waals surface area contributed by atoms with Crippen molar-refractivity contribution in [1.29, 1.82) is 0 Å². The maximum Gasteiger partial charge on any atom is 0.253 e. The maximum atomic E-state index is 12.8. The summed E-state index contributed by atoms with van der Waals surface area (Å²) in [5.74, 6) is -0.123. The van der Waals surface area contributed by atoms with Crippen molar-refractivity contribution >= 4 is 33.0 Å². The van der Waals surface area contributed by atoms with Crippen molar-refractivity contribution in [3.63, 3.8) is 0 Å². The Morgan fingerprint density at radius 1 is 1.04 bits per heavy atom. The second kappa shape index (κ2) is 7.68. The molecule has 0 unspecified atom stereocenters. The third-order valence-corrected chi connectivity index (χ3v) is 5.44. The van der Waals surface area contributed by atoms with Crippen LogP contribution in [0.5, 0.6) is 0 Å². The van der Waals surface area contributed by atoms with Crippen molar-refractivity contribution < 1.29 is 13.2 Å². The third kappa shape index (κ3) is 4.77. The minimum atomic E-state index is -3.13. The van der Waals surface area contributed by atoms with Crippen LogP contribution in [0.15, 0.2) is 48.5 Å². The number of hydrogen-bond donors (Lipinski definition) is 0. The molecule has 0 atom stereocenters. The van der Waals surface area contributed by atoms with Gasteiger partial charge in [-0.3, -0.25) is 4.79 Å². The van der Waals surface area contributed by atoms with Crippen LogP contribution in [0.4, 0.5) is 5.69 Å². The molecule has 1 saturated heterocycles. The zero-order valence-corrected chi connectivity index (χ0v) is 16.1. The van der Waals surface area contributed by atoms with Gasteiger partial charge in [-0.2, -0.15) is 0 Å². The van der Waals surface area contributed by atoms with Crippen molar-refractivity contribution in [2.45, 2.75) is 5.75 Å². The first-order chi connectivity index (χ1) is 12.3. The number of hydrogen-bond acceptors (Lipinski definition) is 4. The zero-order valence-electron chi connectivity index (χ0n) is 14.6. The van der Waals surface area contributed by atoms with E-state index in [0.717, 1.165) is 18.8 Å². The van der Waals surface area contributed by atoms with Crippen molar-refractivity contribution in [2.75, 3.05) is 37.3 Å². The standard InChI is InChI=1S/C19H21ClN2O3S/c1-26(24,25)14-15-4-2-5-16(12-15)19(23)22-10-8-21(9-11-22)18-7-3-6-17(20)13-18/h2-7,12-13H,8-11,14H2,1H3. The van der Waals surface area contributed by atoms with Crippen LogP contribution in [0.3, 0.4) is 0 Å². The van der Waals surface area contributed by atoms with Crippen molar-refractivity contribution in [3.8, 4) is 0 Å². The predicted molar refractivity (Wildman–Crippen MR) is 105 cm³/mol. The molecule has 1 aliphatic rings. The molecule has 1 fully saturated rings. The Kier molecular flexibility index (Phi) is 5.53. The molecular weight excluding hydrogens is 372 g/mol. The van der Waals surface area contributed by atoms with E-state index >= 15 is 0 Å². The highest BCUT2D eigenvalue weighted by molar-refractivity contribution is 7.89. The van der Waals surface area contributed by atoms with E-state index in [1.165, 1.54) is 6.26 Å². The van der Waals surface area contributed by atoms with E-state index in [2.05, 4.69) is 4.90 Å². The van der Waals surface area contributed by atoms with E-state index in [0.29, 0.717) is 29.2 Å². The van der Waals surface area contributed by atoms with E-state index in [-0.39, 0.29) is 11.7 Å². The smallest absolute Gasteiger partial charge is 0.253 e. The molecular formula is C19H21ClN2O3S. The van der Waals surface area contributed by atoms with Gasteiger partial charge in [0.05, 0.1) is 5.75 Å². The summed E-state index contributed by atoms with van der Waals surface area (Å²) < 4.78 is 22.9. The molecule has 0 saturated carbocycles. The van der Waals surface area contributed by atoms with Crippen molar-refractivity contribution in [2.24, 2.45) is 0 Å². The Bertz CT molecular complexity index is 907. The molecule has 0 bridgehead atoms. The fourth-order valence-electron chi connectivity index (χ4n) is 3.12. The summed E-state index contributed by atoms with van der Waals surface area (Å²) in [7, 11) is -3.13. The molecule has 2 aromatic rings. The van der Waals surface area contributed by atoms with Crippen LogP contribution >= 0.6 is 11.6 Å². The highest BCUT2D eigenvalue weighted by Gasteiger charge is 2.22. The number of rotatable bonds is 4. The van der Waals surface area contributed by atoms with Gasteiger partial charge in [-0.05, 0) is 35.9 Å². The molecule has 0 N–H and O–H groups in total. The molecule has 138 valence electrons. The van der Waals surface area contributed by atoms with Crippen LogP contribution in [0, 0.1) is 0 Å². The van der Waals surface area contributed by atoms with Crippen LogP contribution in [-0.4, -0.2) is 51.7 Å². The number of amides is 1. The number of halogens is 1. The van der Waals surface area contributed by atoms with Crippen LogP contribution in [0.2, 0.25) is 5.02 Å². The number of nitrogens with zero attached hydrogens (tertiary/aromatic N) is 2. The van der Waals surface area contributed by atoms with Crippen molar-refractivity contribution in [1.82, 2.24) is 4.90 Å². The molecule has 1 aliphatic heterocycles. The highest BCUT2D eigenvalue weighted by atomic mass is 35.5. The molecule has 0 aliphatic carbocycles. The number of benzene rings is 2. The molecule has 1 heterocycles. The lowest BCUT2D eigenvalue weighted by Crippen LogP contribution is -2.48. The summed E-state index contributed by atoms with van der Waals surface area (Å²) in [5, 5.41) is 0.698. The monoisotopic (exact) mass is 392 g/mol. The number of carbonyl (C=O) groups excluding carboxylic acids is 1. The van der Waals surface area contributed by atoms with Gasteiger partial charge in [-0.25, -0.2) is 8.42 Å². The summed E-state index contributed by atoms with van der Waals surface area (Å²) >= 11 is 6.05. The molecule has 0 aromatic heterocycles. The fourth-order valence-corrected chi connectivity index (χ4v) is 4.09. The summed E-state index contributed by atoms with van der Waals surface area (Å²) in [4.78, 5) is 16.8. The van der Waals surface area contributed by atoms with Gasteiger partial charge in [0.1, 0.15) is 0 Å². The first-order valence-electron chi connectivity index (χ1n) is 8.38. The minimum Gasteiger partial charge on any atom is -0.368 e. The van der Waals surface area contributed by atoms with Crippen LogP contribution in [-0.2, 0) is 15.6 Å². The molecule has 26 heavy (non-hydrogen) atoms. The normalized spacial score (nSPS) is 15.2. The molecule has 0 spiro atoms. The summed E-state index contributed by atoms with van der Waals surface area (Å²) in [6.07, 6.45) is 1.19. The van der Waals surface area contributed by atoms with E-state index in [1.807, 2.05) is 24.3 Å². The van der Waals surface area contributed by atoms with E-state index in [4.69, 9.17) is 11.6 Å². The number of sulfone groups is 1.